The van der Waals surface area contributed by atoms with Crippen molar-refractivity contribution in [2.45, 2.75) is 52.2 Å². The molecule has 0 spiro atoms. The Morgan fingerprint density at radius 2 is 1.84 bits per heavy atom. The second kappa shape index (κ2) is 13.2. The molecule has 0 aromatic heterocycles. The second-order valence-corrected chi connectivity index (χ2v) is 9.99. The van der Waals surface area contributed by atoms with Gasteiger partial charge < -0.3 is 20.5 Å². The van der Waals surface area contributed by atoms with E-state index in [1.54, 1.807) is 45.9 Å². The zero-order chi connectivity index (χ0) is 28.6. The SMILES string of the molecule is CC[C@@H](NC(=O)NC(=O)[C@@H](CN)Cc1cc(Cl)ccc1OC)c1ccc(C(=O)OC(C)(C)C)c([N+](=O)[O-])c1. The van der Waals surface area contributed by atoms with Crippen LogP contribution in [0.15, 0.2) is 36.4 Å². The summed E-state index contributed by atoms with van der Waals surface area (Å²) < 4.78 is 10.6. The van der Waals surface area contributed by atoms with E-state index < -0.39 is 46.1 Å². The number of esters is 1. The lowest BCUT2D eigenvalue weighted by molar-refractivity contribution is -0.385. The number of carbonyl (C=O) groups excluding carboxylic acids is 3. The van der Waals surface area contributed by atoms with Gasteiger partial charge in [0.15, 0.2) is 0 Å². The maximum absolute atomic E-state index is 12.8. The Bertz CT molecular complexity index is 1200. The fraction of sp³-hybridized carbons (Fsp3) is 0.423. The summed E-state index contributed by atoms with van der Waals surface area (Å²) in [6.07, 6.45) is 0.541. The molecule has 0 saturated carbocycles. The van der Waals surface area contributed by atoms with Gasteiger partial charge in [-0.25, -0.2) is 9.59 Å². The van der Waals surface area contributed by atoms with Gasteiger partial charge in [0.1, 0.15) is 16.9 Å². The first-order valence-electron chi connectivity index (χ1n) is 11.9. The number of nitro groups is 1. The molecule has 0 bridgehead atoms. The first-order chi connectivity index (χ1) is 17.8. The molecule has 0 aliphatic carbocycles. The average molecular weight is 549 g/mol. The Kier molecular flexibility index (Phi) is 10.6. The number of imide groups is 1. The fourth-order valence-corrected chi connectivity index (χ4v) is 3.90. The smallest absolute Gasteiger partial charge is 0.345 e. The van der Waals surface area contributed by atoms with E-state index in [4.69, 9.17) is 26.8 Å². The van der Waals surface area contributed by atoms with Crippen molar-refractivity contribution in [2.75, 3.05) is 13.7 Å². The molecule has 12 heteroatoms. The van der Waals surface area contributed by atoms with Crippen LogP contribution in [0, 0.1) is 16.0 Å². The number of amides is 3. The zero-order valence-electron chi connectivity index (χ0n) is 22.0. The van der Waals surface area contributed by atoms with Crippen molar-refractivity contribution < 1.29 is 28.8 Å². The van der Waals surface area contributed by atoms with E-state index in [-0.39, 0.29) is 18.5 Å². The van der Waals surface area contributed by atoms with E-state index in [1.807, 2.05) is 0 Å². The van der Waals surface area contributed by atoms with Crippen LogP contribution in [0.4, 0.5) is 10.5 Å². The minimum absolute atomic E-state index is 0.0374. The van der Waals surface area contributed by atoms with Crippen LogP contribution in [0.1, 0.15) is 61.6 Å². The number of nitro benzene ring substituents is 1. The number of hydrogen-bond acceptors (Lipinski definition) is 8. The van der Waals surface area contributed by atoms with Gasteiger partial charge in [0.25, 0.3) is 5.69 Å². The van der Waals surface area contributed by atoms with Gasteiger partial charge in [-0.05, 0) is 69.0 Å². The van der Waals surface area contributed by atoms with E-state index in [9.17, 15) is 24.5 Å². The fourth-order valence-electron chi connectivity index (χ4n) is 3.71. The molecule has 2 aromatic carbocycles. The van der Waals surface area contributed by atoms with Crippen LogP contribution in [0.5, 0.6) is 5.75 Å². The molecule has 4 N–H and O–H groups in total. The van der Waals surface area contributed by atoms with Gasteiger partial charge in [0, 0.05) is 17.6 Å². The van der Waals surface area contributed by atoms with Crippen LogP contribution in [0.3, 0.4) is 0 Å². The van der Waals surface area contributed by atoms with Crippen molar-refractivity contribution in [3.8, 4) is 5.75 Å². The first-order valence-corrected chi connectivity index (χ1v) is 12.3. The molecule has 0 heterocycles. The number of nitrogens with zero attached hydrogens (tertiary/aromatic N) is 1. The molecule has 3 amide bonds. The Balaban J connectivity index is 2.16. The predicted molar refractivity (Wildman–Crippen MR) is 142 cm³/mol. The lowest BCUT2D eigenvalue weighted by Crippen LogP contribution is -2.45. The van der Waals surface area contributed by atoms with Gasteiger partial charge in [-0.15, -0.1) is 0 Å². The number of nitrogens with two attached hydrogens (primary N) is 1. The van der Waals surface area contributed by atoms with Crippen LogP contribution in [-0.4, -0.2) is 42.1 Å². The summed E-state index contributed by atoms with van der Waals surface area (Å²) >= 11 is 6.06. The van der Waals surface area contributed by atoms with E-state index >= 15 is 0 Å². The Morgan fingerprint density at radius 1 is 1.16 bits per heavy atom. The van der Waals surface area contributed by atoms with Gasteiger partial charge in [-0.2, -0.15) is 0 Å². The lowest BCUT2D eigenvalue weighted by atomic mass is 9.97. The number of nitrogens with one attached hydrogen (secondary N) is 2. The van der Waals surface area contributed by atoms with E-state index in [2.05, 4.69) is 10.6 Å². The molecule has 2 aromatic rings. The van der Waals surface area contributed by atoms with Gasteiger partial charge >= 0.3 is 12.0 Å². The van der Waals surface area contributed by atoms with E-state index in [1.165, 1.54) is 25.3 Å². The van der Waals surface area contributed by atoms with Gasteiger partial charge in [-0.1, -0.05) is 24.6 Å². The number of urea groups is 1. The van der Waals surface area contributed by atoms with Crippen molar-refractivity contribution in [2.24, 2.45) is 11.7 Å². The third-order valence-electron chi connectivity index (χ3n) is 5.55. The molecule has 0 aliphatic heterocycles. The number of hydrogen-bond donors (Lipinski definition) is 3. The summed E-state index contributed by atoms with van der Waals surface area (Å²) in [4.78, 5) is 48.9. The van der Waals surface area contributed by atoms with E-state index in [0.717, 1.165) is 0 Å². The van der Waals surface area contributed by atoms with Crippen LogP contribution in [-0.2, 0) is 16.0 Å². The minimum Gasteiger partial charge on any atom is -0.496 e. The third-order valence-corrected chi connectivity index (χ3v) is 5.79. The molecule has 2 atom stereocenters. The summed E-state index contributed by atoms with van der Waals surface area (Å²) in [5.74, 6) is -1.65. The zero-order valence-corrected chi connectivity index (χ0v) is 22.8. The number of carbonyl (C=O) groups is 3. The average Bonchev–Trinajstić information content (AvgIpc) is 2.84. The quantitative estimate of drug-likeness (QED) is 0.224. The van der Waals surface area contributed by atoms with Crippen LogP contribution in [0.25, 0.3) is 0 Å². The van der Waals surface area contributed by atoms with Gasteiger partial charge in [0.2, 0.25) is 5.91 Å². The van der Waals surface area contributed by atoms with Gasteiger partial charge in [0.05, 0.1) is 24.0 Å². The molecule has 0 aliphatic rings. The van der Waals surface area contributed by atoms with Crippen molar-refractivity contribution in [3.05, 3.63) is 68.2 Å². The molecular weight excluding hydrogens is 516 g/mol. The van der Waals surface area contributed by atoms with Gasteiger partial charge in [-0.3, -0.25) is 20.2 Å². The highest BCUT2D eigenvalue weighted by Crippen LogP contribution is 2.28. The maximum Gasteiger partial charge on any atom is 0.345 e. The number of halogens is 1. The van der Waals surface area contributed by atoms with Crippen molar-refractivity contribution in [1.82, 2.24) is 10.6 Å². The summed E-state index contributed by atoms with van der Waals surface area (Å²) in [5.41, 5.74) is 5.36. The largest absolute Gasteiger partial charge is 0.496 e. The molecular formula is C26H33ClN4O7. The highest BCUT2D eigenvalue weighted by atomic mass is 35.5. The summed E-state index contributed by atoms with van der Waals surface area (Å²) in [6.45, 7) is 6.69. The number of methoxy groups -OCH3 is 1. The topological polar surface area (TPSA) is 163 Å². The van der Waals surface area contributed by atoms with Crippen LogP contribution in [0.2, 0.25) is 5.02 Å². The monoisotopic (exact) mass is 548 g/mol. The summed E-state index contributed by atoms with van der Waals surface area (Å²) in [5, 5.41) is 17.1. The molecule has 2 rings (SSSR count). The standard InChI is InChI=1S/C26H33ClN4O7/c1-6-20(15-7-9-19(21(13-15)31(35)36)24(33)38-26(2,3)4)29-25(34)30-23(32)17(14-28)11-16-12-18(27)8-10-22(16)37-5/h7-10,12-13,17,20H,6,11,14,28H2,1-5H3,(H2,29,30,32,34)/t17-,20-/m1/s1. The Morgan fingerprint density at radius 3 is 2.39 bits per heavy atom. The highest BCUT2D eigenvalue weighted by Gasteiger charge is 2.28. The van der Waals surface area contributed by atoms with Crippen molar-refractivity contribution >= 4 is 35.2 Å². The molecule has 0 radical (unpaired) electrons. The molecule has 11 nitrogen and oxygen atoms in total. The minimum atomic E-state index is -0.832. The van der Waals surface area contributed by atoms with Crippen molar-refractivity contribution in [3.63, 3.8) is 0 Å². The summed E-state index contributed by atoms with van der Waals surface area (Å²) in [6, 6.07) is 7.52. The second-order valence-electron chi connectivity index (χ2n) is 9.55. The Hall–Kier alpha value is -3.70. The molecule has 0 fully saturated rings. The lowest BCUT2D eigenvalue weighted by Gasteiger charge is -2.21. The third kappa shape index (κ3) is 8.42. The van der Waals surface area contributed by atoms with Crippen molar-refractivity contribution in [1.29, 1.82) is 0 Å². The number of benzene rings is 2. The summed E-state index contributed by atoms with van der Waals surface area (Å²) in [7, 11) is 1.49. The predicted octanol–water partition coefficient (Wildman–Crippen LogP) is 4.31. The molecule has 0 unspecified atom stereocenters. The maximum atomic E-state index is 12.8. The van der Waals surface area contributed by atoms with Crippen LogP contribution >= 0.6 is 11.6 Å². The number of rotatable bonds is 10. The van der Waals surface area contributed by atoms with E-state index in [0.29, 0.717) is 28.3 Å². The molecule has 206 valence electrons. The normalized spacial score (nSPS) is 12.7. The molecule has 0 saturated heterocycles. The number of ether oxygens (including phenoxy) is 2. The highest BCUT2D eigenvalue weighted by molar-refractivity contribution is 6.30. The first kappa shape index (κ1) is 30.5. The molecule has 38 heavy (non-hydrogen) atoms. The Labute approximate surface area is 226 Å². The van der Waals surface area contributed by atoms with Crippen LogP contribution < -0.4 is 21.1 Å².